The first-order valence-electron chi connectivity index (χ1n) is 7.13. The molecule has 8 heteroatoms. The van der Waals surface area contributed by atoms with Crippen LogP contribution in [0.2, 0.25) is 0 Å². The smallest absolute Gasteiger partial charge is 0.358 e. The Morgan fingerprint density at radius 1 is 1.22 bits per heavy atom. The summed E-state index contributed by atoms with van der Waals surface area (Å²) >= 11 is 0. The van der Waals surface area contributed by atoms with Gasteiger partial charge in [-0.2, -0.15) is 0 Å². The van der Waals surface area contributed by atoms with Crippen LogP contribution in [0.1, 0.15) is 11.1 Å². The highest BCUT2D eigenvalue weighted by Crippen LogP contribution is 2.24. The Morgan fingerprint density at radius 2 is 2.09 bits per heavy atom. The van der Waals surface area contributed by atoms with Crippen LogP contribution < -0.4 is 4.90 Å². The van der Waals surface area contributed by atoms with Gasteiger partial charge in [-0.05, 0) is 40.7 Å². The van der Waals surface area contributed by atoms with Gasteiger partial charge < -0.3 is 15.0 Å². The summed E-state index contributed by atoms with van der Waals surface area (Å²) in [4.78, 5) is 16.4. The van der Waals surface area contributed by atoms with Crippen molar-refractivity contribution in [3.05, 3.63) is 63.6 Å². The molecule has 3 heterocycles. The van der Waals surface area contributed by atoms with Crippen LogP contribution in [0, 0.1) is 15.9 Å². The number of fused-ring (bicyclic) bond motifs is 2. The number of hydrogen-bond acceptors (Lipinski definition) is 5. The highest BCUT2D eigenvalue weighted by atomic mass is 19.1. The molecule has 0 fully saturated rings. The summed E-state index contributed by atoms with van der Waals surface area (Å²) in [6.07, 6.45) is 1.97. The molecular weight excluding hydrogens is 301 g/mol. The predicted octanol–water partition coefficient (Wildman–Crippen LogP) is 2.34. The Balaban J connectivity index is 1.72. The Morgan fingerprint density at radius 3 is 2.91 bits per heavy atom. The fourth-order valence-corrected chi connectivity index (χ4v) is 2.87. The molecule has 0 spiro atoms. The molecule has 1 aromatic carbocycles. The fourth-order valence-electron chi connectivity index (χ4n) is 2.87. The zero-order chi connectivity index (χ0) is 16.0. The highest BCUT2D eigenvalue weighted by Gasteiger charge is 2.21. The van der Waals surface area contributed by atoms with E-state index in [4.69, 9.17) is 0 Å². The van der Waals surface area contributed by atoms with Crippen LogP contribution >= 0.6 is 0 Å². The van der Waals surface area contributed by atoms with Crippen molar-refractivity contribution in [1.29, 1.82) is 0 Å². The Kier molecular flexibility index (Phi) is 2.97. The quantitative estimate of drug-likeness (QED) is 0.536. The van der Waals surface area contributed by atoms with Crippen LogP contribution in [0.4, 0.5) is 16.0 Å². The van der Waals surface area contributed by atoms with Crippen molar-refractivity contribution in [2.45, 2.75) is 13.0 Å². The molecule has 0 N–H and O–H groups in total. The lowest BCUT2D eigenvalue weighted by Gasteiger charge is -2.29. The zero-order valence-corrected chi connectivity index (χ0v) is 12.0. The summed E-state index contributed by atoms with van der Waals surface area (Å²) < 4.78 is 14.6. The average molecular weight is 313 g/mol. The molecule has 4 rings (SSSR count). The average Bonchev–Trinajstić information content (AvgIpc) is 2.97. The van der Waals surface area contributed by atoms with Crippen LogP contribution in [-0.2, 0) is 13.0 Å². The number of nitrogens with zero attached hydrogens (tertiary/aromatic N) is 5. The maximum Gasteiger partial charge on any atom is 0.368 e. The van der Waals surface area contributed by atoms with E-state index in [-0.39, 0.29) is 11.6 Å². The summed E-state index contributed by atoms with van der Waals surface area (Å²) in [7, 11) is 0. The zero-order valence-electron chi connectivity index (χ0n) is 12.0. The first-order valence-corrected chi connectivity index (χ1v) is 7.13. The summed E-state index contributed by atoms with van der Waals surface area (Å²) in [6, 6.07) is 8.26. The molecule has 116 valence electrons. The first-order chi connectivity index (χ1) is 11.1. The van der Waals surface area contributed by atoms with Gasteiger partial charge in [0.25, 0.3) is 0 Å². The molecular formula is C15H12FN5O2. The maximum atomic E-state index is 13.4. The highest BCUT2D eigenvalue weighted by molar-refractivity contribution is 5.50. The SMILES string of the molecule is O=[N+]([O-])c1cnc2ccc(N3CCc4ccc(F)cc4C3)nn12. The van der Waals surface area contributed by atoms with Crippen LogP contribution in [-0.4, -0.2) is 26.1 Å². The molecule has 0 saturated carbocycles. The van der Waals surface area contributed by atoms with Crippen molar-refractivity contribution in [3.63, 3.8) is 0 Å². The van der Waals surface area contributed by atoms with Crippen LogP contribution in [0.25, 0.3) is 5.65 Å². The molecule has 1 aliphatic heterocycles. The molecule has 0 radical (unpaired) electrons. The molecule has 0 bridgehead atoms. The minimum atomic E-state index is -0.516. The third-order valence-electron chi connectivity index (χ3n) is 4.02. The molecule has 2 aromatic heterocycles. The summed E-state index contributed by atoms with van der Waals surface area (Å²) in [5.74, 6) is 0.165. The Labute approximate surface area is 130 Å². The predicted molar refractivity (Wildman–Crippen MR) is 80.8 cm³/mol. The van der Waals surface area contributed by atoms with Gasteiger partial charge >= 0.3 is 5.82 Å². The molecule has 0 saturated heterocycles. The summed E-state index contributed by atoms with van der Waals surface area (Å²) in [5, 5.41) is 15.3. The van der Waals surface area contributed by atoms with Crippen LogP contribution in [0.5, 0.6) is 0 Å². The van der Waals surface area contributed by atoms with Crippen molar-refractivity contribution in [3.8, 4) is 0 Å². The second kappa shape index (κ2) is 5.01. The third kappa shape index (κ3) is 2.28. The Bertz CT molecular complexity index is 923. The van der Waals surface area contributed by atoms with Gasteiger partial charge in [-0.25, -0.2) is 9.37 Å². The van der Waals surface area contributed by atoms with Gasteiger partial charge in [0.05, 0.1) is 0 Å². The van der Waals surface area contributed by atoms with E-state index >= 15 is 0 Å². The fraction of sp³-hybridized carbons (Fsp3) is 0.200. The lowest BCUT2D eigenvalue weighted by atomic mass is 10.00. The molecule has 0 aliphatic carbocycles. The van der Waals surface area contributed by atoms with Gasteiger partial charge in [-0.1, -0.05) is 15.7 Å². The van der Waals surface area contributed by atoms with Crippen molar-refractivity contribution < 1.29 is 9.31 Å². The van der Waals surface area contributed by atoms with E-state index in [0.29, 0.717) is 18.0 Å². The van der Waals surface area contributed by atoms with E-state index in [0.717, 1.165) is 24.1 Å². The molecule has 0 atom stereocenters. The number of aromatic nitrogens is 3. The largest absolute Gasteiger partial charge is 0.368 e. The standard InChI is InChI=1S/C15H12FN5O2/c16-12-2-1-10-5-6-19(9-11(10)7-12)14-4-3-13-17-8-15(21(22)23)20(13)18-14/h1-4,7-8H,5-6,9H2. The van der Waals surface area contributed by atoms with E-state index in [9.17, 15) is 14.5 Å². The number of rotatable bonds is 2. The normalized spacial score (nSPS) is 14.0. The molecule has 1 aliphatic rings. The van der Waals surface area contributed by atoms with Crippen molar-refractivity contribution in [2.24, 2.45) is 0 Å². The molecule has 7 nitrogen and oxygen atoms in total. The lowest BCUT2D eigenvalue weighted by molar-refractivity contribution is -0.391. The maximum absolute atomic E-state index is 13.4. The second-order valence-electron chi connectivity index (χ2n) is 5.42. The molecule has 3 aromatic rings. The lowest BCUT2D eigenvalue weighted by Crippen LogP contribution is -2.31. The van der Waals surface area contributed by atoms with E-state index in [1.165, 1.54) is 22.8 Å². The van der Waals surface area contributed by atoms with Crippen molar-refractivity contribution in [1.82, 2.24) is 14.6 Å². The van der Waals surface area contributed by atoms with Crippen LogP contribution in [0.15, 0.2) is 36.5 Å². The minimum absolute atomic E-state index is 0.176. The third-order valence-corrected chi connectivity index (χ3v) is 4.02. The van der Waals surface area contributed by atoms with Gasteiger partial charge in [0.1, 0.15) is 12.0 Å². The number of imidazole rings is 1. The molecule has 0 amide bonds. The second-order valence-corrected chi connectivity index (χ2v) is 5.42. The Hall–Kier alpha value is -3.03. The van der Waals surface area contributed by atoms with Gasteiger partial charge in [-0.15, -0.1) is 0 Å². The van der Waals surface area contributed by atoms with Crippen LogP contribution in [0.3, 0.4) is 0 Å². The molecule has 23 heavy (non-hydrogen) atoms. The van der Waals surface area contributed by atoms with Gasteiger partial charge in [0, 0.05) is 19.2 Å². The molecule has 0 unspecified atom stereocenters. The number of anilines is 1. The van der Waals surface area contributed by atoms with Crippen molar-refractivity contribution >= 4 is 17.3 Å². The van der Waals surface area contributed by atoms with E-state index in [1.54, 1.807) is 18.2 Å². The van der Waals surface area contributed by atoms with Gasteiger partial charge in [-0.3, -0.25) is 0 Å². The van der Waals surface area contributed by atoms with Gasteiger partial charge in [0.15, 0.2) is 5.82 Å². The summed E-state index contributed by atoms with van der Waals surface area (Å²) in [5.41, 5.74) is 2.46. The van der Waals surface area contributed by atoms with Crippen molar-refractivity contribution in [2.75, 3.05) is 11.4 Å². The monoisotopic (exact) mass is 313 g/mol. The first kappa shape index (κ1) is 13.6. The van der Waals surface area contributed by atoms with E-state index < -0.39 is 4.92 Å². The number of benzene rings is 1. The number of halogens is 1. The number of hydrogen-bond donors (Lipinski definition) is 0. The topological polar surface area (TPSA) is 76.6 Å². The minimum Gasteiger partial charge on any atom is -0.358 e. The summed E-state index contributed by atoms with van der Waals surface area (Å²) in [6.45, 7) is 1.24. The van der Waals surface area contributed by atoms with E-state index in [1.807, 2.05) is 4.90 Å². The van der Waals surface area contributed by atoms with Gasteiger partial charge in [0.2, 0.25) is 5.65 Å². The van der Waals surface area contributed by atoms with E-state index in [2.05, 4.69) is 10.1 Å². The number of nitro groups is 1.